The molecule has 5 aromatic rings. The summed E-state index contributed by atoms with van der Waals surface area (Å²) in [6.07, 6.45) is 5.44. The number of hydrogen-bond donors (Lipinski definition) is 0. The highest BCUT2D eigenvalue weighted by Crippen LogP contribution is 2.55. The van der Waals surface area contributed by atoms with E-state index in [-0.39, 0.29) is 27.8 Å². The summed E-state index contributed by atoms with van der Waals surface area (Å²) >= 11 is 0. The van der Waals surface area contributed by atoms with Gasteiger partial charge in [-0.1, -0.05) is 136 Å². The van der Waals surface area contributed by atoms with Crippen molar-refractivity contribution in [2.75, 3.05) is 12.8 Å². The monoisotopic (exact) mass is 724 g/mol. The Hall–Kier alpha value is -3.14. The first-order chi connectivity index (χ1) is 22.4. The number of benzene rings is 5. The van der Waals surface area contributed by atoms with Crippen LogP contribution in [0.25, 0.3) is 0 Å². The second-order valence-corrected chi connectivity index (χ2v) is 20.9. The highest BCUT2D eigenvalue weighted by Gasteiger charge is 2.50. The van der Waals surface area contributed by atoms with E-state index in [0.717, 1.165) is 19.0 Å². The van der Waals surface area contributed by atoms with Crippen LogP contribution in [0.5, 0.6) is 0 Å². The molecule has 0 aliphatic carbocycles. The van der Waals surface area contributed by atoms with Crippen molar-refractivity contribution >= 4 is 41.9 Å². The molecular formula is C42H47BrFOPSi. The molecule has 0 unspecified atom stereocenters. The summed E-state index contributed by atoms with van der Waals surface area (Å²) in [5.74, 6) is -0.0160. The van der Waals surface area contributed by atoms with E-state index in [9.17, 15) is 0 Å². The molecule has 0 radical (unpaired) electrons. The molecule has 0 aliphatic rings. The molecule has 0 saturated carbocycles. The maximum absolute atomic E-state index is 15.4. The van der Waals surface area contributed by atoms with Gasteiger partial charge in [-0.2, -0.15) is 0 Å². The summed E-state index contributed by atoms with van der Waals surface area (Å²) in [7, 11) is -4.54. The second kappa shape index (κ2) is 17.3. The van der Waals surface area contributed by atoms with Gasteiger partial charge in [0, 0.05) is 13.0 Å². The fourth-order valence-electron chi connectivity index (χ4n) is 6.78. The molecule has 0 heterocycles. The molecule has 0 fully saturated rings. The Morgan fingerprint density at radius 1 is 0.617 bits per heavy atom. The summed E-state index contributed by atoms with van der Waals surface area (Å²) in [5.41, 5.74) is 0. The molecule has 0 aliphatic heterocycles. The maximum Gasteiger partial charge on any atom is 0.261 e. The summed E-state index contributed by atoms with van der Waals surface area (Å²) < 4.78 is 22.4. The quantitative estimate of drug-likeness (QED) is 0.0779. The van der Waals surface area contributed by atoms with Gasteiger partial charge in [0.25, 0.3) is 8.32 Å². The highest BCUT2D eigenvalue weighted by atomic mass is 79.9. The molecule has 0 N–H and O–H groups in total. The van der Waals surface area contributed by atoms with Crippen LogP contribution in [0.2, 0.25) is 5.04 Å². The first-order valence-corrected chi connectivity index (χ1v) is 20.4. The molecule has 0 amide bonds. The van der Waals surface area contributed by atoms with Crippen LogP contribution in [0.1, 0.15) is 46.5 Å². The van der Waals surface area contributed by atoms with E-state index in [2.05, 4.69) is 172 Å². The molecule has 244 valence electrons. The lowest BCUT2D eigenvalue weighted by Crippen LogP contribution is -3.00. The Kier molecular flexibility index (Phi) is 13.5. The fraction of sp³-hybridized carbons (Fsp3) is 0.238. The van der Waals surface area contributed by atoms with Gasteiger partial charge < -0.3 is 21.4 Å². The number of halogens is 2. The predicted molar refractivity (Wildman–Crippen MR) is 201 cm³/mol. The van der Waals surface area contributed by atoms with Gasteiger partial charge in [0.05, 0.1) is 12.0 Å². The molecule has 0 bridgehead atoms. The maximum atomic E-state index is 15.4. The van der Waals surface area contributed by atoms with Crippen LogP contribution >= 0.6 is 7.26 Å². The van der Waals surface area contributed by atoms with E-state index in [4.69, 9.17) is 4.43 Å². The third kappa shape index (κ3) is 8.48. The lowest BCUT2D eigenvalue weighted by molar-refractivity contribution is -0.0000106. The third-order valence-electron chi connectivity index (χ3n) is 8.97. The van der Waals surface area contributed by atoms with Crippen LogP contribution < -0.4 is 43.3 Å². The zero-order chi connectivity index (χ0) is 32.3. The van der Waals surface area contributed by atoms with E-state index in [1.54, 1.807) is 0 Å². The number of unbranched alkanes of at least 4 members (excludes halogenated alkanes) is 1. The SMILES string of the molecule is CC(C)(C)[Si](OCCCCC(F)=CCC[P+](c1ccccc1)(c1ccccc1)c1ccccc1)(c1ccccc1)c1ccccc1.[Br-]. The first kappa shape index (κ1) is 36.7. The molecule has 1 nitrogen and oxygen atoms in total. The Balaban J connectivity index is 0.00000500. The zero-order valence-electron chi connectivity index (χ0n) is 27.9. The Morgan fingerprint density at radius 2 is 1.00 bits per heavy atom. The molecule has 5 rings (SSSR count). The minimum Gasteiger partial charge on any atom is -1.00 e. The minimum absolute atomic E-state index is 0. The lowest BCUT2D eigenvalue weighted by atomic mass is 10.2. The van der Waals surface area contributed by atoms with Crippen molar-refractivity contribution < 1.29 is 25.8 Å². The van der Waals surface area contributed by atoms with Gasteiger partial charge in [-0.25, -0.2) is 4.39 Å². The Labute approximate surface area is 294 Å². The number of hydrogen-bond acceptors (Lipinski definition) is 1. The molecule has 0 atom stereocenters. The van der Waals surface area contributed by atoms with E-state index in [1.807, 2.05) is 6.08 Å². The van der Waals surface area contributed by atoms with Gasteiger partial charge in [0.1, 0.15) is 23.2 Å². The van der Waals surface area contributed by atoms with Crippen molar-refractivity contribution in [3.8, 4) is 0 Å². The van der Waals surface area contributed by atoms with E-state index in [1.165, 1.54) is 26.3 Å². The van der Waals surface area contributed by atoms with Crippen LogP contribution in [0.3, 0.4) is 0 Å². The van der Waals surface area contributed by atoms with Crippen molar-refractivity contribution in [1.82, 2.24) is 0 Å². The van der Waals surface area contributed by atoms with Gasteiger partial charge in [-0.05, 0) is 77.1 Å². The van der Waals surface area contributed by atoms with Gasteiger partial charge in [-0.15, -0.1) is 0 Å². The predicted octanol–water partition coefficient (Wildman–Crippen LogP) is 5.97. The van der Waals surface area contributed by atoms with Gasteiger partial charge in [-0.3, -0.25) is 0 Å². The third-order valence-corrected chi connectivity index (χ3v) is 18.5. The summed E-state index contributed by atoms with van der Waals surface area (Å²) in [6.45, 7) is 7.51. The first-order valence-electron chi connectivity index (χ1n) is 16.5. The van der Waals surface area contributed by atoms with Gasteiger partial charge in [0.2, 0.25) is 0 Å². The molecule has 5 aromatic carbocycles. The minimum atomic E-state index is -2.57. The summed E-state index contributed by atoms with van der Waals surface area (Å²) in [5, 5.41) is 6.50. The zero-order valence-corrected chi connectivity index (χ0v) is 31.3. The smallest absolute Gasteiger partial charge is 0.261 e. The van der Waals surface area contributed by atoms with E-state index >= 15 is 4.39 Å². The largest absolute Gasteiger partial charge is 1.00 e. The molecule has 0 spiro atoms. The normalized spacial score (nSPS) is 12.4. The van der Waals surface area contributed by atoms with Crippen molar-refractivity contribution in [3.63, 3.8) is 0 Å². The molecular weight excluding hydrogens is 678 g/mol. The average Bonchev–Trinajstić information content (AvgIpc) is 3.10. The summed E-state index contributed by atoms with van der Waals surface area (Å²) in [4.78, 5) is 0. The molecule has 0 saturated heterocycles. The lowest BCUT2D eigenvalue weighted by Gasteiger charge is -2.43. The van der Waals surface area contributed by atoms with Crippen molar-refractivity contribution in [2.45, 2.75) is 51.5 Å². The van der Waals surface area contributed by atoms with Crippen LogP contribution in [0.15, 0.2) is 164 Å². The van der Waals surface area contributed by atoms with Crippen LogP contribution in [0, 0.1) is 0 Å². The van der Waals surface area contributed by atoms with Gasteiger partial charge in [0.15, 0.2) is 0 Å². The molecule has 47 heavy (non-hydrogen) atoms. The topological polar surface area (TPSA) is 9.23 Å². The molecule has 0 aromatic heterocycles. The van der Waals surface area contributed by atoms with E-state index < -0.39 is 15.6 Å². The van der Waals surface area contributed by atoms with Crippen LogP contribution in [-0.2, 0) is 4.43 Å². The second-order valence-electron chi connectivity index (χ2n) is 12.9. The van der Waals surface area contributed by atoms with Crippen LogP contribution in [-0.4, -0.2) is 21.1 Å². The van der Waals surface area contributed by atoms with Crippen molar-refractivity contribution in [2.24, 2.45) is 0 Å². The van der Waals surface area contributed by atoms with Crippen molar-refractivity contribution in [3.05, 3.63) is 164 Å². The standard InChI is InChI=1S/C42H47FOPSi.BrH/c1-42(2,3)46(40-30-15-7-16-31-40,41-32-17-8-18-33-41)44-34-20-19-22-36(43)23-21-35-45(37-24-9-4-10-25-37,38-26-11-5-12-27-38)39-28-13-6-14-29-39;/h4-18,23-33H,19-22,34-35H2,1-3H3;1H/q+1;/p-1. The Bertz CT molecular complexity index is 1510. The highest BCUT2D eigenvalue weighted by molar-refractivity contribution is 7.95. The molecule has 5 heteroatoms. The number of allylic oxidation sites excluding steroid dienone is 2. The average molecular weight is 726 g/mol. The Morgan fingerprint density at radius 3 is 1.38 bits per heavy atom. The van der Waals surface area contributed by atoms with Gasteiger partial charge >= 0.3 is 0 Å². The van der Waals surface area contributed by atoms with Crippen molar-refractivity contribution in [1.29, 1.82) is 0 Å². The summed E-state index contributed by atoms with van der Waals surface area (Å²) in [6, 6.07) is 53.9. The van der Waals surface area contributed by atoms with Crippen LogP contribution in [0.4, 0.5) is 4.39 Å². The number of rotatable bonds is 14. The van der Waals surface area contributed by atoms with E-state index in [0.29, 0.717) is 19.4 Å². The fourth-order valence-corrected chi connectivity index (χ4v) is 15.6.